The van der Waals surface area contributed by atoms with Crippen LogP contribution in [0.15, 0.2) is 12.1 Å². The van der Waals surface area contributed by atoms with E-state index in [1.807, 2.05) is 13.8 Å². The number of aromatic carboxylic acids is 1. The molecule has 0 saturated carbocycles. The molecule has 1 aromatic rings. The van der Waals surface area contributed by atoms with Crippen molar-refractivity contribution in [2.45, 2.75) is 46.6 Å². The van der Waals surface area contributed by atoms with Gasteiger partial charge in [0.25, 0.3) is 0 Å². The molecule has 0 bridgehead atoms. The first-order chi connectivity index (χ1) is 8.65. The van der Waals surface area contributed by atoms with E-state index in [-0.39, 0.29) is 11.1 Å². The molecule has 0 spiro atoms. The van der Waals surface area contributed by atoms with Crippen molar-refractivity contribution < 1.29 is 19.4 Å². The van der Waals surface area contributed by atoms with Crippen molar-refractivity contribution >= 4 is 11.9 Å². The van der Waals surface area contributed by atoms with Gasteiger partial charge in [0.2, 0.25) is 0 Å². The molecule has 0 saturated heterocycles. The fourth-order valence-corrected chi connectivity index (χ4v) is 1.81. The summed E-state index contributed by atoms with van der Waals surface area (Å²) in [6.45, 7) is 9.05. The molecule has 1 rings (SSSR count). The number of carboxylic acid groups (broad SMARTS) is 1. The van der Waals surface area contributed by atoms with Gasteiger partial charge in [-0.15, -0.1) is 0 Å². The van der Waals surface area contributed by atoms with Crippen LogP contribution in [0.3, 0.4) is 0 Å². The highest BCUT2D eigenvalue weighted by Gasteiger charge is 2.23. The zero-order valence-electron chi connectivity index (χ0n) is 12.0. The molecule has 0 fully saturated rings. The lowest BCUT2D eigenvalue weighted by Crippen LogP contribution is -2.25. The fraction of sp³-hybridized carbons (Fsp3) is 0.467. The lowest BCUT2D eigenvalue weighted by atomic mass is 9.97. The summed E-state index contributed by atoms with van der Waals surface area (Å²) < 4.78 is 5.24. The summed E-state index contributed by atoms with van der Waals surface area (Å²) in [7, 11) is 0. The fourth-order valence-electron chi connectivity index (χ4n) is 1.81. The van der Waals surface area contributed by atoms with E-state index in [1.54, 1.807) is 32.9 Å². The van der Waals surface area contributed by atoms with Crippen molar-refractivity contribution in [1.82, 2.24) is 0 Å². The van der Waals surface area contributed by atoms with Gasteiger partial charge in [-0.3, -0.25) is 0 Å². The van der Waals surface area contributed by atoms with Crippen LogP contribution in [0.5, 0.6) is 0 Å². The number of carbonyl (C=O) groups excluding carboxylic acids is 1. The Kier molecular flexibility index (Phi) is 4.35. The third-order valence-corrected chi connectivity index (χ3v) is 2.71. The molecule has 4 heteroatoms. The Morgan fingerprint density at radius 2 is 1.79 bits per heavy atom. The minimum absolute atomic E-state index is 0.00306. The summed E-state index contributed by atoms with van der Waals surface area (Å²) in [5.74, 6) is -1.72. The monoisotopic (exact) mass is 264 g/mol. The van der Waals surface area contributed by atoms with Gasteiger partial charge >= 0.3 is 11.9 Å². The Hall–Kier alpha value is -1.84. The minimum Gasteiger partial charge on any atom is -0.478 e. The van der Waals surface area contributed by atoms with Crippen molar-refractivity contribution in [2.24, 2.45) is 0 Å². The first-order valence-electron chi connectivity index (χ1n) is 6.26. The average molecular weight is 264 g/mol. The molecule has 0 heterocycles. The molecule has 1 aromatic carbocycles. The summed E-state index contributed by atoms with van der Waals surface area (Å²) in [5, 5.41) is 9.22. The number of aryl methyl sites for hydroxylation is 2. The van der Waals surface area contributed by atoms with Crippen LogP contribution in [0.25, 0.3) is 0 Å². The predicted octanol–water partition coefficient (Wildman–Crippen LogP) is 3.21. The molecular formula is C15H20O4. The zero-order valence-corrected chi connectivity index (χ0v) is 12.0. The Balaban J connectivity index is 3.30. The standard InChI is InChI=1S/C15H20O4/c1-6-10-8-11(13(16)17)12(7-9(10)2)14(18)19-15(3,4)5/h7-8H,6H2,1-5H3,(H,16,17). The SMILES string of the molecule is CCc1cc(C(=O)O)c(C(=O)OC(C)(C)C)cc1C. The van der Waals surface area contributed by atoms with E-state index in [0.29, 0.717) is 0 Å². The third-order valence-electron chi connectivity index (χ3n) is 2.71. The number of benzene rings is 1. The molecule has 19 heavy (non-hydrogen) atoms. The second kappa shape index (κ2) is 5.43. The number of esters is 1. The lowest BCUT2D eigenvalue weighted by Gasteiger charge is -2.20. The van der Waals surface area contributed by atoms with Crippen molar-refractivity contribution in [3.63, 3.8) is 0 Å². The normalized spacial score (nSPS) is 11.2. The molecule has 0 aliphatic carbocycles. The van der Waals surface area contributed by atoms with E-state index >= 15 is 0 Å². The molecule has 0 atom stereocenters. The zero-order chi connectivity index (χ0) is 14.8. The summed E-state index contributed by atoms with van der Waals surface area (Å²) >= 11 is 0. The summed E-state index contributed by atoms with van der Waals surface area (Å²) in [4.78, 5) is 23.3. The van der Waals surface area contributed by atoms with Crippen LogP contribution in [0, 0.1) is 6.92 Å². The maximum atomic E-state index is 12.1. The van der Waals surface area contributed by atoms with Crippen molar-refractivity contribution in [1.29, 1.82) is 0 Å². The van der Waals surface area contributed by atoms with Crippen LogP contribution < -0.4 is 0 Å². The number of carbonyl (C=O) groups is 2. The second-order valence-electron chi connectivity index (χ2n) is 5.48. The van der Waals surface area contributed by atoms with Gasteiger partial charge in [-0.05, 0) is 57.4 Å². The minimum atomic E-state index is -1.12. The van der Waals surface area contributed by atoms with Crippen LogP contribution in [0.4, 0.5) is 0 Å². The smallest absolute Gasteiger partial charge is 0.339 e. The van der Waals surface area contributed by atoms with Gasteiger partial charge in [0, 0.05) is 0 Å². The van der Waals surface area contributed by atoms with Gasteiger partial charge in [0.15, 0.2) is 0 Å². The Morgan fingerprint density at radius 3 is 2.21 bits per heavy atom. The Bertz CT molecular complexity index is 510. The molecule has 0 aliphatic rings. The number of carboxylic acids is 1. The van der Waals surface area contributed by atoms with Crippen molar-refractivity contribution in [2.75, 3.05) is 0 Å². The lowest BCUT2D eigenvalue weighted by molar-refractivity contribution is 0.00657. The highest BCUT2D eigenvalue weighted by molar-refractivity contribution is 6.03. The largest absolute Gasteiger partial charge is 0.478 e. The van der Waals surface area contributed by atoms with E-state index in [0.717, 1.165) is 17.5 Å². The highest BCUT2D eigenvalue weighted by Crippen LogP contribution is 2.20. The van der Waals surface area contributed by atoms with Gasteiger partial charge in [0.1, 0.15) is 5.60 Å². The first-order valence-corrected chi connectivity index (χ1v) is 6.26. The van der Waals surface area contributed by atoms with Crippen LogP contribution in [0.2, 0.25) is 0 Å². The molecule has 0 aliphatic heterocycles. The molecule has 0 unspecified atom stereocenters. The quantitative estimate of drug-likeness (QED) is 0.851. The van der Waals surface area contributed by atoms with Crippen molar-refractivity contribution in [3.05, 3.63) is 34.4 Å². The molecule has 0 radical (unpaired) electrons. The molecular weight excluding hydrogens is 244 g/mol. The summed E-state index contributed by atoms with van der Waals surface area (Å²) in [5.41, 5.74) is 1.27. The van der Waals surface area contributed by atoms with Crippen LogP contribution >= 0.6 is 0 Å². The third kappa shape index (κ3) is 3.81. The van der Waals surface area contributed by atoms with Crippen LogP contribution in [-0.4, -0.2) is 22.6 Å². The topological polar surface area (TPSA) is 63.6 Å². The number of hydrogen-bond acceptors (Lipinski definition) is 3. The van der Waals surface area contributed by atoms with E-state index in [4.69, 9.17) is 4.74 Å². The molecule has 104 valence electrons. The highest BCUT2D eigenvalue weighted by atomic mass is 16.6. The van der Waals surface area contributed by atoms with E-state index < -0.39 is 17.5 Å². The van der Waals surface area contributed by atoms with Gasteiger partial charge < -0.3 is 9.84 Å². The average Bonchev–Trinajstić information content (AvgIpc) is 2.25. The van der Waals surface area contributed by atoms with Gasteiger partial charge in [0.05, 0.1) is 11.1 Å². The van der Waals surface area contributed by atoms with E-state index in [2.05, 4.69) is 0 Å². The number of rotatable bonds is 3. The number of hydrogen-bond donors (Lipinski definition) is 1. The summed E-state index contributed by atoms with van der Waals surface area (Å²) in [6.07, 6.45) is 0.723. The summed E-state index contributed by atoms with van der Waals surface area (Å²) in [6, 6.07) is 3.15. The predicted molar refractivity (Wildman–Crippen MR) is 72.7 cm³/mol. The Morgan fingerprint density at radius 1 is 1.21 bits per heavy atom. The maximum Gasteiger partial charge on any atom is 0.339 e. The van der Waals surface area contributed by atoms with Gasteiger partial charge in [-0.1, -0.05) is 6.92 Å². The first kappa shape index (κ1) is 15.2. The van der Waals surface area contributed by atoms with Gasteiger partial charge in [-0.2, -0.15) is 0 Å². The van der Waals surface area contributed by atoms with Crippen molar-refractivity contribution in [3.8, 4) is 0 Å². The molecule has 1 N–H and O–H groups in total. The molecule has 0 amide bonds. The van der Waals surface area contributed by atoms with E-state index in [9.17, 15) is 14.7 Å². The van der Waals surface area contributed by atoms with Crippen LogP contribution in [-0.2, 0) is 11.2 Å². The van der Waals surface area contributed by atoms with E-state index in [1.165, 1.54) is 0 Å². The van der Waals surface area contributed by atoms with Crippen LogP contribution in [0.1, 0.15) is 59.5 Å². The Labute approximate surface area is 113 Å². The van der Waals surface area contributed by atoms with Gasteiger partial charge in [-0.25, -0.2) is 9.59 Å². The molecule has 0 aromatic heterocycles. The number of ether oxygens (including phenoxy) is 1. The second-order valence-corrected chi connectivity index (χ2v) is 5.48. The molecule has 4 nitrogen and oxygen atoms in total. The maximum absolute atomic E-state index is 12.1.